The van der Waals surface area contributed by atoms with Gasteiger partial charge in [-0.25, -0.2) is 14.4 Å². The fourth-order valence-corrected chi connectivity index (χ4v) is 4.37. The van der Waals surface area contributed by atoms with Crippen molar-refractivity contribution in [1.29, 1.82) is 0 Å². The van der Waals surface area contributed by atoms with Crippen molar-refractivity contribution < 1.29 is 9.18 Å². The van der Waals surface area contributed by atoms with Gasteiger partial charge in [0.15, 0.2) is 11.6 Å². The summed E-state index contributed by atoms with van der Waals surface area (Å²) in [6.45, 7) is 0.158. The third-order valence-corrected chi connectivity index (χ3v) is 6.27. The van der Waals surface area contributed by atoms with E-state index in [4.69, 9.17) is 9.97 Å². The van der Waals surface area contributed by atoms with E-state index < -0.39 is 0 Å². The molecule has 33 heavy (non-hydrogen) atoms. The van der Waals surface area contributed by atoms with Crippen LogP contribution in [0.3, 0.4) is 0 Å². The van der Waals surface area contributed by atoms with Crippen molar-refractivity contribution in [2.24, 2.45) is 0 Å². The Hall–Kier alpha value is -3.38. The molecule has 164 valence electrons. The summed E-state index contributed by atoms with van der Waals surface area (Å²) >= 11 is 3.42. The molecular weight excluding hydrogens is 481 g/mol. The minimum absolute atomic E-state index is 0.0664. The molecular formula is C27H21BrFN3O. The summed E-state index contributed by atoms with van der Waals surface area (Å²) in [4.78, 5) is 22.5. The highest BCUT2D eigenvalue weighted by atomic mass is 79.9. The number of nitrogens with one attached hydrogen (secondary N) is 1. The molecule has 1 aromatic heterocycles. The standard InChI is InChI=1S/C27H21BrFN3O/c28-20-9-6-17(7-10-20)14-22(33)16-30-27-25(18-4-2-1-3-5-18)32-26-23-12-11-21(29)15-19(23)8-13-24(26)31-27/h1-7,9-12,15H,8,13-14,16H2,(H,30,31). The lowest BCUT2D eigenvalue weighted by atomic mass is 9.91. The number of rotatable bonds is 6. The number of ketones is 1. The van der Waals surface area contributed by atoms with Crippen molar-refractivity contribution in [2.45, 2.75) is 19.3 Å². The number of hydrogen-bond acceptors (Lipinski definition) is 4. The zero-order chi connectivity index (χ0) is 22.8. The van der Waals surface area contributed by atoms with E-state index in [1.807, 2.05) is 54.6 Å². The Balaban J connectivity index is 1.46. The first-order valence-corrected chi connectivity index (χ1v) is 11.6. The number of hydrogen-bond donors (Lipinski definition) is 1. The molecule has 4 aromatic rings. The molecule has 0 radical (unpaired) electrons. The van der Waals surface area contributed by atoms with Gasteiger partial charge in [0.1, 0.15) is 11.5 Å². The number of fused-ring (bicyclic) bond motifs is 3. The van der Waals surface area contributed by atoms with Crippen LogP contribution in [0.5, 0.6) is 0 Å². The highest BCUT2D eigenvalue weighted by Gasteiger charge is 2.23. The van der Waals surface area contributed by atoms with Crippen LogP contribution in [0.2, 0.25) is 0 Å². The normalized spacial score (nSPS) is 12.1. The first kappa shape index (κ1) is 21.5. The molecule has 0 saturated carbocycles. The number of anilines is 1. The SMILES string of the molecule is O=C(CNc1nc2c(nc1-c1ccccc1)-c1ccc(F)cc1CC2)Cc1ccc(Br)cc1. The van der Waals surface area contributed by atoms with Crippen LogP contribution in [-0.2, 0) is 24.1 Å². The van der Waals surface area contributed by atoms with E-state index in [-0.39, 0.29) is 18.1 Å². The van der Waals surface area contributed by atoms with Crippen LogP contribution in [0.25, 0.3) is 22.5 Å². The van der Waals surface area contributed by atoms with Crippen LogP contribution < -0.4 is 5.32 Å². The second-order valence-corrected chi connectivity index (χ2v) is 8.99. The van der Waals surface area contributed by atoms with E-state index in [1.165, 1.54) is 6.07 Å². The summed E-state index contributed by atoms with van der Waals surface area (Å²) in [6, 6.07) is 22.4. The van der Waals surface area contributed by atoms with Crippen LogP contribution in [-0.4, -0.2) is 22.3 Å². The molecule has 5 rings (SSSR count). The zero-order valence-corrected chi connectivity index (χ0v) is 19.4. The van der Waals surface area contributed by atoms with Gasteiger partial charge in [-0.15, -0.1) is 0 Å². The third kappa shape index (κ3) is 4.71. The van der Waals surface area contributed by atoms with Gasteiger partial charge in [0, 0.05) is 22.0 Å². The molecule has 0 atom stereocenters. The number of nitrogens with zero attached hydrogens (tertiary/aromatic N) is 2. The Morgan fingerprint density at radius 3 is 2.52 bits per heavy atom. The van der Waals surface area contributed by atoms with Crippen molar-refractivity contribution in [3.63, 3.8) is 0 Å². The summed E-state index contributed by atoms with van der Waals surface area (Å²) in [5, 5.41) is 3.23. The quantitative estimate of drug-likeness (QED) is 0.350. The van der Waals surface area contributed by atoms with Crippen LogP contribution in [0, 0.1) is 5.82 Å². The lowest BCUT2D eigenvalue weighted by Gasteiger charge is -2.21. The Bertz CT molecular complexity index is 1320. The lowest BCUT2D eigenvalue weighted by molar-refractivity contribution is -0.116. The van der Waals surface area contributed by atoms with E-state index >= 15 is 0 Å². The minimum Gasteiger partial charge on any atom is -0.361 e. The van der Waals surface area contributed by atoms with Crippen molar-refractivity contribution >= 4 is 27.5 Å². The van der Waals surface area contributed by atoms with Gasteiger partial charge in [-0.3, -0.25) is 4.79 Å². The lowest BCUT2D eigenvalue weighted by Crippen LogP contribution is -2.19. The van der Waals surface area contributed by atoms with Gasteiger partial charge in [0.05, 0.1) is 17.9 Å². The zero-order valence-electron chi connectivity index (χ0n) is 17.8. The average Bonchev–Trinajstić information content (AvgIpc) is 2.84. The van der Waals surface area contributed by atoms with Crippen molar-refractivity contribution in [3.05, 3.63) is 99.9 Å². The Kier molecular flexibility index (Phi) is 6.01. The molecule has 0 bridgehead atoms. The fourth-order valence-electron chi connectivity index (χ4n) is 4.11. The topological polar surface area (TPSA) is 54.9 Å². The number of Topliss-reactive ketones (excluding diaryl/α,β-unsaturated/α-hetero) is 1. The van der Waals surface area contributed by atoms with Gasteiger partial charge in [-0.05, 0) is 54.3 Å². The average molecular weight is 502 g/mol. The molecule has 3 aromatic carbocycles. The van der Waals surface area contributed by atoms with E-state index in [9.17, 15) is 9.18 Å². The van der Waals surface area contributed by atoms with Gasteiger partial charge in [-0.1, -0.05) is 58.4 Å². The molecule has 4 nitrogen and oxygen atoms in total. The molecule has 0 spiro atoms. The second kappa shape index (κ2) is 9.24. The van der Waals surface area contributed by atoms with E-state index in [0.717, 1.165) is 38.1 Å². The molecule has 1 N–H and O–H groups in total. The molecule has 1 aliphatic rings. The Morgan fingerprint density at radius 1 is 0.939 bits per heavy atom. The van der Waals surface area contributed by atoms with Gasteiger partial charge in [0.25, 0.3) is 0 Å². The van der Waals surface area contributed by atoms with Crippen LogP contribution in [0.15, 0.2) is 77.3 Å². The molecule has 0 aliphatic heterocycles. The van der Waals surface area contributed by atoms with Crippen molar-refractivity contribution in [2.75, 3.05) is 11.9 Å². The smallest absolute Gasteiger partial charge is 0.156 e. The predicted octanol–water partition coefficient (Wildman–Crippen LogP) is 6.03. The first-order chi connectivity index (χ1) is 16.1. The van der Waals surface area contributed by atoms with Crippen LogP contribution in [0.1, 0.15) is 16.8 Å². The number of aromatic nitrogens is 2. The molecule has 1 aliphatic carbocycles. The summed E-state index contributed by atoms with van der Waals surface area (Å²) < 4.78 is 14.7. The highest BCUT2D eigenvalue weighted by Crippen LogP contribution is 2.35. The molecule has 0 amide bonds. The molecule has 0 saturated heterocycles. The predicted molar refractivity (Wildman–Crippen MR) is 132 cm³/mol. The van der Waals surface area contributed by atoms with Gasteiger partial charge in [-0.2, -0.15) is 0 Å². The maximum Gasteiger partial charge on any atom is 0.156 e. The maximum atomic E-state index is 13.8. The second-order valence-electron chi connectivity index (χ2n) is 8.08. The summed E-state index contributed by atoms with van der Waals surface area (Å²) in [5.74, 6) is 0.419. The van der Waals surface area contributed by atoms with Crippen LogP contribution in [0.4, 0.5) is 10.2 Å². The van der Waals surface area contributed by atoms with E-state index in [2.05, 4.69) is 21.2 Å². The Labute approximate surface area is 200 Å². The number of halogens is 2. The summed E-state index contributed by atoms with van der Waals surface area (Å²) in [6.07, 6.45) is 1.73. The number of carbonyl (C=O) groups excluding carboxylic acids is 1. The third-order valence-electron chi connectivity index (χ3n) is 5.74. The van der Waals surface area contributed by atoms with E-state index in [0.29, 0.717) is 30.8 Å². The molecule has 1 heterocycles. The number of carbonyl (C=O) groups is 1. The van der Waals surface area contributed by atoms with Gasteiger partial charge < -0.3 is 5.32 Å². The first-order valence-electron chi connectivity index (χ1n) is 10.8. The molecule has 6 heteroatoms. The highest BCUT2D eigenvalue weighted by molar-refractivity contribution is 9.10. The van der Waals surface area contributed by atoms with E-state index in [1.54, 1.807) is 12.1 Å². The number of benzene rings is 3. The maximum absolute atomic E-state index is 13.8. The largest absolute Gasteiger partial charge is 0.361 e. The number of aryl methyl sites for hydroxylation is 2. The summed E-state index contributed by atoms with van der Waals surface area (Å²) in [5.41, 5.74) is 6.06. The fraction of sp³-hybridized carbons (Fsp3) is 0.148. The summed E-state index contributed by atoms with van der Waals surface area (Å²) in [7, 11) is 0. The Morgan fingerprint density at radius 2 is 1.73 bits per heavy atom. The minimum atomic E-state index is -0.240. The van der Waals surface area contributed by atoms with Crippen LogP contribution >= 0.6 is 15.9 Å². The monoisotopic (exact) mass is 501 g/mol. The molecule has 0 unspecified atom stereocenters. The van der Waals surface area contributed by atoms with Gasteiger partial charge >= 0.3 is 0 Å². The van der Waals surface area contributed by atoms with Gasteiger partial charge in [0.2, 0.25) is 0 Å². The molecule has 0 fully saturated rings. The van der Waals surface area contributed by atoms with Crippen molar-refractivity contribution in [3.8, 4) is 22.5 Å². The van der Waals surface area contributed by atoms with Crippen molar-refractivity contribution in [1.82, 2.24) is 9.97 Å².